The number of amides is 1. The van der Waals surface area contributed by atoms with Crippen LogP contribution in [0.15, 0.2) is 36.4 Å². The molecular formula is C14H14ClNO3. The quantitative estimate of drug-likeness (QED) is 0.856. The molecule has 5 heteroatoms. The number of halogens is 1. The average molecular weight is 280 g/mol. The van der Waals surface area contributed by atoms with Crippen molar-refractivity contribution in [2.24, 2.45) is 0 Å². The lowest BCUT2D eigenvalue weighted by Crippen LogP contribution is -2.29. The van der Waals surface area contributed by atoms with Crippen molar-refractivity contribution in [3.05, 3.63) is 41.4 Å². The van der Waals surface area contributed by atoms with E-state index in [1.165, 1.54) is 0 Å². The summed E-state index contributed by atoms with van der Waals surface area (Å²) in [5.74, 6) is 0.285. The number of carbonyl (C=O) groups is 1. The van der Waals surface area contributed by atoms with E-state index in [1.54, 1.807) is 19.1 Å². The lowest BCUT2D eigenvalue weighted by Gasteiger charge is -2.10. The number of fused-ring (bicyclic) bond motifs is 1. The molecule has 4 nitrogen and oxygen atoms in total. The van der Waals surface area contributed by atoms with Gasteiger partial charge in [-0.05, 0) is 19.1 Å². The van der Waals surface area contributed by atoms with Gasteiger partial charge in [0.1, 0.15) is 5.75 Å². The Balaban J connectivity index is 2.13. The van der Waals surface area contributed by atoms with Gasteiger partial charge in [-0.3, -0.25) is 9.63 Å². The second kappa shape index (κ2) is 6.41. The number of hydrogen-bond donors (Lipinski definition) is 1. The summed E-state index contributed by atoms with van der Waals surface area (Å²) in [5, 5.41) is 2.42. The highest BCUT2D eigenvalue weighted by molar-refractivity contribution is 6.35. The molecule has 0 spiro atoms. The van der Waals surface area contributed by atoms with Crippen molar-refractivity contribution < 1.29 is 14.4 Å². The summed E-state index contributed by atoms with van der Waals surface area (Å²) in [5.41, 5.74) is 2.27. The first kappa shape index (κ1) is 13.6. The van der Waals surface area contributed by atoms with Crippen molar-refractivity contribution in [1.29, 1.82) is 0 Å². The van der Waals surface area contributed by atoms with Crippen molar-refractivity contribution >= 4 is 28.3 Å². The van der Waals surface area contributed by atoms with E-state index in [2.05, 4.69) is 5.48 Å². The number of benzene rings is 2. The van der Waals surface area contributed by atoms with Crippen LogP contribution in [0.1, 0.15) is 6.92 Å². The minimum Gasteiger partial charge on any atom is -0.483 e. The predicted octanol–water partition coefficient (Wildman–Crippen LogP) is 2.94. The van der Waals surface area contributed by atoms with Gasteiger partial charge < -0.3 is 4.74 Å². The number of rotatable bonds is 5. The van der Waals surface area contributed by atoms with Gasteiger partial charge in [0.15, 0.2) is 6.61 Å². The lowest BCUT2D eigenvalue weighted by molar-refractivity contribution is -0.135. The summed E-state index contributed by atoms with van der Waals surface area (Å²) in [7, 11) is 0. The molecule has 2 rings (SSSR count). The Hall–Kier alpha value is -1.78. The van der Waals surface area contributed by atoms with Crippen LogP contribution in [-0.4, -0.2) is 19.1 Å². The first-order valence-corrected chi connectivity index (χ1v) is 6.31. The summed E-state index contributed by atoms with van der Waals surface area (Å²) in [6.07, 6.45) is 0. The molecule has 0 atom stereocenters. The van der Waals surface area contributed by atoms with Crippen LogP contribution in [0.2, 0.25) is 5.02 Å². The van der Waals surface area contributed by atoms with Crippen molar-refractivity contribution in [2.75, 3.05) is 13.2 Å². The SMILES string of the molecule is CCONC(=O)COc1ccc(Cl)c2ccccc12. The summed E-state index contributed by atoms with van der Waals surface area (Å²) in [6, 6.07) is 11.1. The zero-order chi connectivity index (χ0) is 13.7. The van der Waals surface area contributed by atoms with E-state index in [0.717, 1.165) is 10.8 Å². The molecular weight excluding hydrogens is 266 g/mol. The molecule has 0 saturated heterocycles. The zero-order valence-electron chi connectivity index (χ0n) is 10.5. The van der Waals surface area contributed by atoms with Gasteiger partial charge in [0.05, 0.1) is 6.61 Å². The second-order valence-corrected chi connectivity index (χ2v) is 4.25. The molecule has 0 radical (unpaired) electrons. The monoisotopic (exact) mass is 279 g/mol. The lowest BCUT2D eigenvalue weighted by atomic mass is 10.1. The van der Waals surface area contributed by atoms with Crippen molar-refractivity contribution in [2.45, 2.75) is 6.92 Å². The predicted molar refractivity (Wildman–Crippen MR) is 74.2 cm³/mol. The summed E-state index contributed by atoms with van der Waals surface area (Å²) in [6.45, 7) is 2.09. The molecule has 1 amide bonds. The maximum Gasteiger partial charge on any atom is 0.281 e. The van der Waals surface area contributed by atoms with E-state index < -0.39 is 0 Å². The Morgan fingerprint density at radius 2 is 1.95 bits per heavy atom. The van der Waals surface area contributed by atoms with Crippen LogP contribution in [0.25, 0.3) is 10.8 Å². The van der Waals surface area contributed by atoms with E-state index in [9.17, 15) is 4.79 Å². The topological polar surface area (TPSA) is 47.6 Å². The minimum absolute atomic E-state index is 0.106. The molecule has 1 N–H and O–H groups in total. The first-order chi connectivity index (χ1) is 9.22. The number of nitrogens with one attached hydrogen (secondary N) is 1. The molecule has 0 bridgehead atoms. The number of hydroxylamine groups is 1. The smallest absolute Gasteiger partial charge is 0.281 e. The normalized spacial score (nSPS) is 10.4. The van der Waals surface area contributed by atoms with Crippen LogP contribution in [-0.2, 0) is 9.63 Å². The molecule has 2 aromatic carbocycles. The third-order valence-electron chi connectivity index (χ3n) is 2.52. The molecule has 0 aliphatic carbocycles. The van der Waals surface area contributed by atoms with Crippen LogP contribution in [0.4, 0.5) is 0 Å². The van der Waals surface area contributed by atoms with E-state index in [4.69, 9.17) is 21.2 Å². The van der Waals surface area contributed by atoms with E-state index in [0.29, 0.717) is 17.4 Å². The fourth-order valence-electron chi connectivity index (χ4n) is 1.69. The van der Waals surface area contributed by atoms with Gasteiger partial charge in [-0.2, -0.15) is 0 Å². The second-order valence-electron chi connectivity index (χ2n) is 3.84. The van der Waals surface area contributed by atoms with Crippen LogP contribution in [0, 0.1) is 0 Å². The maximum absolute atomic E-state index is 11.4. The number of ether oxygens (including phenoxy) is 1. The van der Waals surface area contributed by atoms with Crippen molar-refractivity contribution in [1.82, 2.24) is 5.48 Å². The van der Waals surface area contributed by atoms with E-state index in [1.807, 2.05) is 24.3 Å². The van der Waals surface area contributed by atoms with Crippen LogP contribution < -0.4 is 10.2 Å². The Morgan fingerprint density at radius 3 is 2.68 bits per heavy atom. The largest absolute Gasteiger partial charge is 0.483 e. The number of carbonyl (C=O) groups excluding carboxylic acids is 1. The van der Waals surface area contributed by atoms with Gasteiger partial charge in [0, 0.05) is 15.8 Å². The molecule has 0 unspecified atom stereocenters. The number of hydrogen-bond acceptors (Lipinski definition) is 3. The molecule has 0 fully saturated rings. The molecule has 19 heavy (non-hydrogen) atoms. The summed E-state index contributed by atoms with van der Waals surface area (Å²) < 4.78 is 5.48. The highest BCUT2D eigenvalue weighted by Gasteiger charge is 2.07. The van der Waals surface area contributed by atoms with Crippen LogP contribution in [0.5, 0.6) is 5.75 Å². The molecule has 2 aromatic rings. The van der Waals surface area contributed by atoms with Crippen LogP contribution in [0.3, 0.4) is 0 Å². The molecule has 0 saturated carbocycles. The fourth-order valence-corrected chi connectivity index (χ4v) is 1.91. The van der Waals surface area contributed by atoms with Crippen molar-refractivity contribution in [3.63, 3.8) is 0 Å². The fraction of sp³-hybridized carbons (Fsp3) is 0.214. The third kappa shape index (κ3) is 3.36. The highest BCUT2D eigenvalue weighted by atomic mass is 35.5. The van der Waals surface area contributed by atoms with Gasteiger partial charge in [0.2, 0.25) is 0 Å². The Morgan fingerprint density at radius 1 is 1.21 bits per heavy atom. The zero-order valence-corrected chi connectivity index (χ0v) is 11.2. The summed E-state index contributed by atoms with van der Waals surface area (Å²) in [4.78, 5) is 16.2. The van der Waals surface area contributed by atoms with Gasteiger partial charge in [-0.25, -0.2) is 5.48 Å². The van der Waals surface area contributed by atoms with Gasteiger partial charge in [0.25, 0.3) is 5.91 Å². The Labute approximate surface area is 116 Å². The van der Waals surface area contributed by atoms with Gasteiger partial charge in [-0.1, -0.05) is 35.9 Å². The average Bonchev–Trinajstić information content (AvgIpc) is 2.45. The molecule has 0 aliphatic rings. The maximum atomic E-state index is 11.4. The Bertz CT molecular complexity index is 586. The first-order valence-electron chi connectivity index (χ1n) is 5.93. The van der Waals surface area contributed by atoms with E-state index in [-0.39, 0.29) is 12.5 Å². The molecule has 0 aliphatic heterocycles. The highest BCUT2D eigenvalue weighted by Crippen LogP contribution is 2.31. The van der Waals surface area contributed by atoms with Gasteiger partial charge >= 0.3 is 0 Å². The van der Waals surface area contributed by atoms with Crippen molar-refractivity contribution in [3.8, 4) is 5.75 Å². The summed E-state index contributed by atoms with van der Waals surface area (Å²) >= 11 is 6.11. The van der Waals surface area contributed by atoms with Gasteiger partial charge in [-0.15, -0.1) is 0 Å². The van der Waals surface area contributed by atoms with E-state index >= 15 is 0 Å². The molecule has 0 aromatic heterocycles. The third-order valence-corrected chi connectivity index (χ3v) is 2.85. The molecule has 0 heterocycles. The standard InChI is InChI=1S/C14H14ClNO3/c1-2-19-16-14(17)9-18-13-8-7-12(15)10-5-3-4-6-11(10)13/h3-8H,2,9H2,1H3,(H,16,17). The molecule has 100 valence electrons. The van der Waals surface area contributed by atoms with Crippen LogP contribution >= 0.6 is 11.6 Å². The Kier molecular flexibility index (Phi) is 4.60. The minimum atomic E-state index is -0.333.